The molecular formula is C10H16O. The van der Waals surface area contributed by atoms with E-state index in [9.17, 15) is 0 Å². The number of allylic oxidation sites excluding steroid dienone is 4. The van der Waals surface area contributed by atoms with E-state index >= 15 is 0 Å². The second kappa shape index (κ2) is 5.93. The highest BCUT2D eigenvalue weighted by atomic mass is 16.3. The highest BCUT2D eigenvalue weighted by molar-refractivity contribution is 5.18. The maximum absolute atomic E-state index is 8.72. The lowest BCUT2D eigenvalue weighted by molar-refractivity contribution is 0.237. The minimum atomic E-state index is 0.223. The molecule has 0 heterocycles. The van der Waals surface area contributed by atoms with Crippen LogP contribution < -0.4 is 0 Å². The zero-order valence-electron chi connectivity index (χ0n) is 7.09. The molecule has 0 spiro atoms. The molecule has 0 aliphatic rings. The van der Waals surface area contributed by atoms with Crippen LogP contribution >= 0.6 is 0 Å². The van der Waals surface area contributed by atoms with Crippen molar-refractivity contribution in [2.75, 3.05) is 6.61 Å². The van der Waals surface area contributed by atoms with E-state index in [0.29, 0.717) is 5.92 Å². The van der Waals surface area contributed by atoms with Crippen LogP contribution in [0.15, 0.2) is 37.0 Å². The van der Waals surface area contributed by atoms with E-state index in [2.05, 4.69) is 13.2 Å². The highest BCUT2D eigenvalue weighted by Crippen LogP contribution is 2.09. The smallest absolute Gasteiger partial charge is 0.0459 e. The van der Waals surface area contributed by atoms with Crippen LogP contribution in [-0.4, -0.2) is 11.7 Å². The summed E-state index contributed by atoms with van der Waals surface area (Å²) in [6.45, 7) is 9.61. The summed E-state index contributed by atoms with van der Waals surface area (Å²) in [5.74, 6) is 0.303. The van der Waals surface area contributed by atoms with Crippen molar-refractivity contribution in [3.8, 4) is 0 Å². The van der Waals surface area contributed by atoms with Crippen LogP contribution in [0.3, 0.4) is 0 Å². The zero-order valence-corrected chi connectivity index (χ0v) is 7.09. The van der Waals surface area contributed by atoms with E-state index in [4.69, 9.17) is 5.11 Å². The summed E-state index contributed by atoms with van der Waals surface area (Å²) in [6.07, 6.45) is 6.33. The van der Waals surface area contributed by atoms with Gasteiger partial charge >= 0.3 is 0 Å². The van der Waals surface area contributed by atoms with Crippen LogP contribution in [-0.2, 0) is 0 Å². The number of hydrogen-bond donors (Lipinski definition) is 1. The molecule has 1 nitrogen and oxygen atoms in total. The molecule has 0 aromatic carbocycles. The first kappa shape index (κ1) is 10.2. The summed E-state index contributed by atoms with van der Waals surface area (Å²) in [5.41, 5.74) is 1.03. The van der Waals surface area contributed by atoms with Crippen molar-refractivity contribution in [2.45, 2.75) is 13.3 Å². The first-order chi connectivity index (χ1) is 5.20. The largest absolute Gasteiger partial charge is 0.396 e. The lowest BCUT2D eigenvalue weighted by Gasteiger charge is -2.05. The molecule has 0 saturated carbocycles. The molecule has 11 heavy (non-hydrogen) atoms. The van der Waals surface area contributed by atoms with Crippen LogP contribution in [0, 0.1) is 5.92 Å². The Morgan fingerprint density at radius 1 is 1.64 bits per heavy atom. The number of rotatable bonds is 5. The van der Waals surface area contributed by atoms with Gasteiger partial charge in [0, 0.05) is 6.61 Å². The molecule has 1 heteroatoms. The summed E-state index contributed by atoms with van der Waals surface area (Å²) in [6, 6.07) is 0. The van der Waals surface area contributed by atoms with Gasteiger partial charge in [-0.3, -0.25) is 0 Å². The Kier molecular flexibility index (Phi) is 5.49. The molecule has 1 atom stereocenters. The Hall–Kier alpha value is -0.820. The van der Waals surface area contributed by atoms with E-state index in [0.717, 1.165) is 12.0 Å². The predicted molar refractivity (Wildman–Crippen MR) is 49.3 cm³/mol. The molecule has 0 saturated heterocycles. The van der Waals surface area contributed by atoms with E-state index < -0.39 is 0 Å². The minimum absolute atomic E-state index is 0.223. The van der Waals surface area contributed by atoms with Gasteiger partial charge in [0.25, 0.3) is 0 Å². The van der Waals surface area contributed by atoms with Crippen LogP contribution in [0.2, 0.25) is 0 Å². The molecular weight excluding hydrogens is 136 g/mol. The number of aliphatic hydroxyl groups is 1. The van der Waals surface area contributed by atoms with Crippen molar-refractivity contribution in [1.82, 2.24) is 0 Å². The van der Waals surface area contributed by atoms with Gasteiger partial charge in [0.1, 0.15) is 0 Å². The highest BCUT2D eigenvalue weighted by Gasteiger charge is 1.99. The lowest BCUT2D eigenvalue weighted by Crippen LogP contribution is -2.00. The zero-order chi connectivity index (χ0) is 8.69. The van der Waals surface area contributed by atoms with Gasteiger partial charge < -0.3 is 5.11 Å². The van der Waals surface area contributed by atoms with Crippen molar-refractivity contribution >= 4 is 0 Å². The lowest BCUT2D eigenvalue weighted by atomic mass is 10.0. The van der Waals surface area contributed by atoms with Crippen molar-refractivity contribution in [3.05, 3.63) is 37.0 Å². The molecule has 0 aromatic heterocycles. The van der Waals surface area contributed by atoms with Crippen LogP contribution in [0.5, 0.6) is 0 Å². The fourth-order valence-electron chi connectivity index (χ4n) is 0.784. The second-order valence-electron chi connectivity index (χ2n) is 2.74. The van der Waals surface area contributed by atoms with E-state index in [1.54, 1.807) is 6.08 Å². The third-order valence-electron chi connectivity index (χ3n) is 1.39. The van der Waals surface area contributed by atoms with Crippen LogP contribution in [0.1, 0.15) is 13.3 Å². The summed E-state index contributed by atoms with van der Waals surface area (Å²) in [7, 11) is 0. The van der Waals surface area contributed by atoms with Gasteiger partial charge in [-0.15, -0.1) is 0 Å². The van der Waals surface area contributed by atoms with Gasteiger partial charge in [-0.2, -0.15) is 0 Å². The number of hydrogen-bond acceptors (Lipinski definition) is 1. The second-order valence-corrected chi connectivity index (χ2v) is 2.74. The van der Waals surface area contributed by atoms with Crippen molar-refractivity contribution in [1.29, 1.82) is 0 Å². The SMILES string of the molecule is C=C/C=C\C(=C)C[C@@H](C)CO. The topological polar surface area (TPSA) is 20.2 Å². The fraction of sp³-hybridized carbons (Fsp3) is 0.400. The van der Waals surface area contributed by atoms with E-state index in [-0.39, 0.29) is 6.61 Å². The fourth-order valence-corrected chi connectivity index (χ4v) is 0.784. The average Bonchev–Trinajstić information content (AvgIpc) is 2.00. The first-order valence-electron chi connectivity index (χ1n) is 3.78. The van der Waals surface area contributed by atoms with Gasteiger partial charge in [-0.1, -0.05) is 43.9 Å². The van der Waals surface area contributed by atoms with Crippen molar-refractivity contribution in [2.24, 2.45) is 5.92 Å². The Balaban J connectivity index is 3.68. The molecule has 0 rings (SSSR count). The molecule has 0 amide bonds. The van der Waals surface area contributed by atoms with Gasteiger partial charge in [0.05, 0.1) is 0 Å². The Labute approximate surface area is 68.7 Å². The molecule has 0 bridgehead atoms. The maximum Gasteiger partial charge on any atom is 0.0459 e. The minimum Gasteiger partial charge on any atom is -0.396 e. The van der Waals surface area contributed by atoms with Gasteiger partial charge in [-0.25, -0.2) is 0 Å². The summed E-state index contributed by atoms with van der Waals surface area (Å²) >= 11 is 0. The Morgan fingerprint density at radius 3 is 2.73 bits per heavy atom. The van der Waals surface area contributed by atoms with E-state index in [1.807, 2.05) is 19.1 Å². The molecule has 0 unspecified atom stereocenters. The average molecular weight is 152 g/mol. The quantitative estimate of drug-likeness (QED) is 0.599. The normalized spacial score (nSPS) is 13.3. The summed E-state index contributed by atoms with van der Waals surface area (Å²) in [4.78, 5) is 0. The molecule has 0 fully saturated rings. The summed E-state index contributed by atoms with van der Waals surface area (Å²) in [5, 5.41) is 8.72. The third kappa shape index (κ3) is 5.62. The van der Waals surface area contributed by atoms with Crippen molar-refractivity contribution < 1.29 is 5.11 Å². The molecule has 62 valence electrons. The molecule has 0 aromatic rings. The van der Waals surface area contributed by atoms with Crippen molar-refractivity contribution in [3.63, 3.8) is 0 Å². The first-order valence-corrected chi connectivity index (χ1v) is 3.78. The molecule has 1 N–H and O–H groups in total. The molecule has 0 aliphatic heterocycles. The Morgan fingerprint density at radius 2 is 2.27 bits per heavy atom. The third-order valence-corrected chi connectivity index (χ3v) is 1.39. The van der Waals surface area contributed by atoms with E-state index in [1.165, 1.54) is 0 Å². The molecule has 0 radical (unpaired) electrons. The standard InChI is InChI=1S/C10H16O/c1-4-5-6-9(2)7-10(3)8-11/h4-6,10-11H,1-2,7-8H2,3H3/b6-5-/t10-/m1/s1. The number of aliphatic hydroxyl groups excluding tert-OH is 1. The van der Waals surface area contributed by atoms with Crippen LogP contribution in [0.25, 0.3) is 0 Å². The van der Waals surface area contributed by atoms with Gasteiger partial charge in [0.15, 0.2) is 0 Å². The summed E-state index contributed by atoms with van der Waals surface area (Å²) < 4.78 is 0. The monoisotopic (exact) mass is 152 g/mol. The van der Waals surface area contributed by atoms with Crippen LogP contribution in [0.4, 0.5) is 0 Å². The Bertz CT molecular complexity index is 156. The van der Waals surface area contributed by atoms with Gasteiger partial charge in [0.2, 0.25) is 0 Å². The predicted octanol–water partition coefficient (Wildman–Crippen LogP) is 2.30. The van der Waals surface area contributed by atoms with Gasteiger partial charge in [-0.05, 0) is 12.3 Å². The molecule has 0 aliphatic carbocycles. The maximum atomic E-state index is 8.72.